The van der Waals surface area contributed by atoms with E-state index in [0.29, 0.717) is 11.3 Å². The van der Waals surface area contributed by atoms with Crippen molar-refractivity contribution in [3.8, 4) is 5.75 Å². The molecule has 17 nitrogen and oxygen atoms in total. The molecule has 0 spiro atoms. The van der Waals surface area contributed by atoms with Gasteiger partial charge in [0.1, 0.15) is 47.2 Å². The molecule has 1 aromatic carbocycles. The van der Waals surface area contributed by atoms with Crippen LogP contribution in [0.1, 0.15) is 102 Å². The molecule has 0 aliphatic rings. The lowest BCUT2D eigenvalue weighted by atomic mass is 10.0. The van der Waals surface area contributed by atoms with E-state index in [0.717, 1.165) is 0 Å². The number of nitrogens with one attached hydrogen (secondary N) is 4. The lowest BCUT2D eigenvalue weighted by Gasteiger charge is -2.30. The minimum atomic E-state index is -1.70. The van der Waals surface area contributed by atoms with Crippen LogP contribution in [0.25, 0.3) is 0 Å². The molecule has 0 bridgehead atoms. The van der Waals surface area contributed by atoms with E-state index >= 15 is 0 Å². The third-order valence-electron chi connectivity index (χ3n) is 7.31. The number of aliphatic carboxylic acids is 1. The molecule has 318 valence electrons. The van der Waals surface area contributed by atoms with Crippen LogP contribution in [0.2, 0.25) is 0 Å². The van der Waals surface area contributed by atoms with E-state index in [1.165, 1.54) is 0 Å². The highest BCUT2D eigenvalue weighted by molar-refractivity contribution is 5.97. The Labute approximate surface area is 330 Å². The number of aliphatic hydroxyl groups is 1. The molecule has 6 atom stereocenters. The van der Waals surface area contributed by atoms with Crippen molar-refractivity contribution >= 4 is 35.6 Å². The van der Waals surface area contributed by atoms with Gasteiger partial charge in [-0.15, -0.1) is 0 Å². The van der Waals surface area contributed by atoms with Crippen LogP contribution in [-0.4, -0.2) is 118 Å². The molecule has 56 heavy (non-hydrogen) atoms. The summed E-state index contributed by atoms with van der Waals surface area (Å²) in [5, 5.41) is 28.8. The summed E-state index contributed by atoms with van der Waals surface area (Å²) in [7, 11) is 0. The van der Waals surface area contributed by atoms with Gasteiger partial charge in [0.15, 0.2) is 0 Å². The van der Waals surface area contributed by atoms with Crippen LogP contribution in [0, 0.1) is 0 Å². The largest absolute Gasteiger partial charge is 0.488 e. The minimum Gasteiger partial charge on any atom is -0.488 e. The second-order valence-corrected chi connectivity index (χ2v) is 17.5. The molecule has 0 aromatic heterocycles. The van der Waals surface area contributed by atoms with Crippen LogP contribution < -0.4 is 31.7 Å². The van der Waals surface area contributed by atoms with Crippen molar-refractivity contribution < 1.29 is 57.9 Å². The zero-order valence-electron chi connectivity index (χ0n) is 35.2. The number of nitrogens with two attached hydrogens (primary N) is 1. The summed E-state index contributed by atoms with van der Waals surface area (Å²) in [6.45, 7) is 21.3. The van der Waals surface area contributed by atoms with E-state index in [2.05, 4.69) is 21.3 Å². The Bertz CT molecular complexity index is 1490. The first-order valence-electron chi connectivity index (χ1n) is 18.5. The lowest BCUT2D eigenvalue weighted by Crippen LogP contribution is -2.61. The van der Waals surface area contributed by atoms with Gasteiger partial charge in [-0.25, -0.2) is 4.79 Å². The van der Waals surface area contributed by atoms with E-state index in [9.17, 15) is 39.0 Å². The van der Waals surface area contributed by atoms with Crippen molar-refractivity contribution in [2.75, 3.05) is 13.2 Å². The summed E-state index contributed by atoms with van der Waals surface area (Å²) in [5.74, 6) is -5.52. The van der Waals surface area contributed by atoms with Crippen LogP contribution in [-0.2, 0) is 49.4 Å². The zero-order chi connectivity index (χ0) is 43.4. The van der Waals surface area contributed by atoms with Gasteiger partial charge in [-0.1, -0.05) is 12.1 Å². The molecule has 1 aromatic rings. The fourth-order valence-electron chi connectivity index (χ4n) is 4.88. The third kappa shape index (κ3) is 20.0. The van der Waals surface area contributed by atoms with Gasteiger partial charge in [-0.3, -0.25) is 24.0 Å². The number of carbonyl (C=O) groups excluding carboxylic acids is 5. The third-order valence-corrected chi connectivity index (χ3v) is 7.31. The molecule has 1 rings (SSSR count). The Morgan fingerprint density at radius 1 is 0.661 bits per heavy atom. The van der Waals surface area contributed by atoms with E-state index in [1.807, 2.05) is 20.8 Å². The number of aliphatic hydroxyl groups excluding tert-OH is 1. The SMILES string of the molecule is C[C@@H](OC(C)(C)C)[C@H](N)C(=O)N[C@@H](COC(C)(C)C)C(=O)N[C@@H](CC(=O)OC(C)(C)C)C(=O)N[C@@H](Cc1ccc(OC(C)(C)C)cc1)C(=O)N[C@@H](CO)C(=O)O. The van der Waals surface area contributed by atoms with Crippen LogP contribution in [0.15, 0.2) is 24.3 Å². The highest BCUT2D eigenvalue weighted by Crippen LogP contribution is 2.20. The minimum absolute atomic E-state index is 0.178. The van der Waals surface area contributed by atoms with E-state index < -0.39 is 107 Å². The summed E-state index contributed by atoms with van der Waals surface area (Å²) in [4.78, 5) is 79.4. The normalized spacial score (nSPS) is 15.6. The van der Waals surface area contributed by atoms with Crippen LogP contribution in [0.5, 0.6) is 5.75 Å². The monoisotopic (exact) mass is 795 g/mol. The van der Waals surface area contributed by atoms with Gasteiger partial charge < -0.3 is 56.2 Å². The van der Waals surface area contributed by atoms with Gasteiger partial charge >= 0.3 is 11.9 Å². The zero-order valence-corrected chi connectivity index (χ0v) is 35.2. The quantitative estimate of drug-likeness (QED) is 0.0982. The Morgan fingerprint density at radius 2 is 1.14 bits per heavy atom. The molecule has 0 heterocycles. The first-order valence-corrected chi connectivity index (χ1v) is 18.5. The number of hydrogen-bond donors (Lipinski definition) is 7. The standard InChI is InChI=1S/C39H65N5O12/c1-22(54-37(5,6)7)30(40)34(50)44-28(21-53-36(2,3)4)33(49)42-26(19-29(46)56-39(11,12)13)32(48)41-25(31(47)43-27(20-45)35(51)52)18-23-14-16-24(17-15-23)55-38(8,9)10/h14-17,22,25-28,30,45H,18-21,40H2,1-13H3,(H,41,48)(H,42,49)(H,43,47)(H,44,50)(H,51,52)/t22-,25+,26+,27+,28+,30+/m1/s1. The Morgan fingerprint density at radius 3 is 1.61 bits per heavy atom. The molecule has 0 radical (unpaired) electrons. The maximum Gasteiger partial charge on any atom is 0.328 e. The molecule has 0 saturated heterocycles. The van der Waals surface area contributed by atoms with E-state index in [1.54, 1.807) is 93.5 Å². The van der Waals surface area contributed by atoms with Crippen molar-refractivity contribution in [3.63, 3.8) is 0 Å². The molecule has 4 amide bonds. The number of hydrogen-bond acceptors (Lipinski definition) is 12. The van der Waals surface area contributed by atoms with Gasteiger partial charge in [-0.2, -0.15) is 0 Å². The average molecular weight is 796 g/mol. The fourth-order valence-corrected chi connectivity index (χ4v) is 4.88. The van der Waals surface area contributed by atoms with Crippen LogP contribution in [0.4, 0.5) is 0 Å². The number of amides is 4. The maximum absolute atomic E-state index is 14.0. The summed E-state index contributed by atoms with van der Waals surface area (Å²) >= 11 is 0. The predicted octanol–water partition coefficient (Wildman–Crippen LogP) is 1.50. The second kappa shape index (κ2) is 20.7. The maximum atomic E-state index is 14.0. The van der Waals surface area contributed by atoms with Crippen molar-refractivity contribution in [2.24, 2.45) is 5.73 Å². The topological polar surface area (TPSA) is 254 Å². The smallest absolute Gasteiger partial charge is 0.328 e. The Kier molecular flexibility index (Phi) is 18.4. The lowest BCUT2D eigenvalue weighted by molar-refractivity contribution is -0.157. The molecule has 17 heteroatoms. The Hall–Kier alpha value is -4.32. The first-order chi connectivity index (χ1) is 25.4. The van der Waals surface area contributed by atoms with Gasteiger partial charge in [0.2, 0.25) is 23.6 Å². The molecule has 0 aliphatic heterocycles. The molecular weight excluding hydrogens is 730 g/mol. The van der Waals surface area contributed by atoms with E-state index in [4.69, 9.17) is 24.7 Å². The van der Waals surface area contributed by atoms with Gasteiger partial charge in [0.05, 0.1) is 36.9 Å². The van der Waals surface area contributed by atoms with Crippen LogP contribution >= 0.6 is 0 Å². The van der Waals surface area contributed by atoms with Crippen molar-refractivity contribution in [1.82, 2.24) is 21.3 Å². The Balaban J connectivity index is 3.56. The number of carbonyl (C=O) groups is 6. The van der Waals surface area contributed by atoms with Gasteiger partial charge in [0, 0.05) is 6.42 Å². The van der Waals surface area contributed by atoms with Crippen molar-refractivity contribution in [1.29, 1.82) is 0 Å². The summed E-state index contributed by atoms with van der Waals surface area (Å²) in [5.41, 5.74) is 3.86. The fraction of sp³-hybridized carbons (Fsp3) is 0.692. The molecule has 0 fully saturated rings. The average Bonchev–Trinajstić information content (AvgIpc) is 3.01. The number of carboxylic acids is 1. The summed E-state index contributed by atoms with van der Waals surface area (Å²) in [6.07, 6.45) is -1.64. The number of carboxylic acid groups (broad SMARTS) is 1. The van der Waals surface area contributed by atoms with E-state index in [-0.39, 0.29) is 13.0 Å². The number of benzene rings is 1. The number of rotatable bonds is 19. The van der Waals surface area contributed by atoms with Crippen molar-refractivity contribution in [2.45, 2.75) is 162 Å². The summed E-state index contributed by atoms with van der Waals surface area (Å²) < 4.78 is 22.9. The van der Waals surface area contributed by atoms with Gasteiger partial charge in [0.25, 0.3) is 0 Å². The predicted molar refractivity (Wildman–Crippen MR) is 207 cm³/mol. The highest BCUT2D eigenvalue weighted by Gasteiger charge is 2.35. The number of esters is 1. The highest BCUT2D eigenvalue weighted by atomic mass is 16.6. The van der Waals surface area contributed by atoms with Crippen LogP contribution in [0.3, 0.4) is 0 Å². The molecular formula is C39H65N5O12. The van der Waals surface area contributed by atoms with Gasteiger partial charge in [-0.05, 0) is 108 Å². The second-order valence-electron chi connectivity index (χ2n) is 17.5. The number of ether oxygens (including phenoxy) is 4. The molecule has 0 unspecified atom stereocenters. The summed E-state index contributed by atoms with van der Waals surface area (Å²) in [6, 6.07) is -0.848. The van der Waals surface area contributed by atoms with Crippen molar-refractivity contribution in [3.05, 3.63) is 29.8 Å². The molecule has 0 aliphatic carbocycles. The molecule has 0 saturated carbocycles. The molecule has 8 N–H and O–H groups in total. The first kappa shape index (κ1) is 49.7.